The Hall–Kier alpha value is -2.07. The summed E-state index contributed by atoms with van der Waals surface area (Å²) in [7, 11) is 0. The van der Waals surface area contributed by atoms with Crippen molar-refractivity contribution in [3.05, 3.63) is 12.3 Å². The highest BCUT2D eigenvalue weighted by Crippen LogP contribution is 2.26. The normalized spacial score (nSPS) is 17.7. The number of carbonyl (C=O) groups excluding carboxylic acids is 2. The topological polar surface area (TPSA) is 76.9 Å². The average Bonchev–Trinajstić information content (AvgIpc) is 2.72. The minimum atomic E-state index is -0.232. The second kappa shape index (κ2) is 11.8. The minimum absolute atomic E-state index is 0.189. The molecule has 0 bridgehead atoms. The third-order valence-corrected chi connectivity index (χ3v) is 5.67. The summed E-state index contributed by atoms with van der Waals surface area (Å²) in [5, 5.41) is 9.47. The Labute approximate surface area is 175 Å². The SMILES string of the molecule is C=C(CN(CC(C)C)C(=O)CN(C#N)C(=O)CC1CCCCC1)N1CCOCC1. The number of morpholine rings is 1. The first-order chi connectivity index (χ1) is 13.9. The Morgan fingerprint density at radius 2 is 1.79 bits per heavy atom. The lowest BCUT2D eigenvalue weighted by molar-refractivity contribution is -0.138. The summed E-state index contributed by atoms with van der Waals surface area (Å²) in [6.45, 7) is 11.9. The van der Waals surface area contributed by atoms with E-state index in [0.29, 0.717) is 38.6 Å². The third kappa shape index (κ3) is 7.69. The Balaban J connectivity index is 1.94. The van der Waals surface area contributed by atoms with E-state index in [9.17, 15) is 14.9 Å². The molecular weight excluding hydrogens is 368 g/mol. The molecule has 2 aliphatic rings. The van der Waals surface area contributed by atoms with Crippen LogP contribution in [0.5, 0.6) is 0 Å². The van der Waals surface area contributed by atoms with Gasteiger partial charge in [-0.15, -0.1) is 0 Å². The number of hydrogen-bond donors (Lipinski definition) is 0. The van der Waals surface area contributed by atoms with Gasteiger partial charge >= 0.3 is 0 Å². The largest absolute Gasteiger partial charge is 0.378 e. The van der Waals surface area contributed by atoms with Gasteiger partial charge in [0, 0.05) is 31.8 Å². The molecule has 0 aromatic carbocycles. The predicted octanol–water partition coefficient (Wildman–Crippen LogP) is 2.60. The predicted molar refractivity (Wildman–Crippen MR) is 111 cm³/mol. The molecule has 0 radical (unpaired) electrons. The standard InChI is InChI=1S/C22H36N4O3/c1-18(2)14-25(15-19(3)24-9-11-29-12-10-24)22(28)16-26(17-23)21(27)13-20-7-5-4-6-8-20/h18,20H,3-16H2,1-2H3. The van der Waals surface area contributed by atoms with Gasteiger partial charge in [-0.25, -0.2) is 4.90 Å². The Bertz CT molecular complexity index is 602. The van der Waals surface area contributed by atoms with Crippen LogP contribution in [-0.4, -0.2) is 72.5 Å². The van der Waals surface area contributed by atoms with Crippen molar-refractivity contribution in [1.29, 1.82) is 5.26 Å². The van der Waals surface area contributed by atoms with E-state index >= 15 is 0 Å². The van der Waals surface area contributed by atoms with Gasteiger partial charge in [0.15, 0.2) is 6.19 Å². The van der Waals surface area contributed by atoms with Gasteiger partial charge in [-0.2, -0.15) is 5.26 Å². The Kier molecular flexibility index (Phi) is 9.46. The number of amides is 2. The summed E-state index contributed by atoms with van der Waals surface area (Å²) in [6.07, 6.45) is 7.90. The highest BCUT2D eigenvalue weighted by Gasteiger charge is 2.26. The van der Waals surface area contributed by atoms with E-state index in [0.717, 1.165) is 49.4 Å². The number of nitriles is 1. The van der Waals surface area contributed by atoms with Crippen molar-refractivity contribution >= 4 is 11.8 Å². The van der Waals surface area contributed by atoms with Crippen LogP contribution in [0.1, 0.15) is 52.4 Å². The zero-order chi connectivity index (χ0) is 21.2. The number of hydrogen-bond acceptors (Lipinski definition) is 5. The summed E-state index contributed by atoms with van der Waals surface area (Å²) in [4.78, 5) is 30.5. The fourth-order valence-electron chi connectivity index (χ4n) is 4.06. The molecule has 1 aliphatic heterocycles. The van der Waals surface area contributed by atoms with Gasteiger partial charge in [0.2, 0.25) is 11.8 Å². The molecule has 2 amide bonds. The van der Waals surface area contributed by atoms with Crippen LogP contribution in [0.2, 0.25) is 0 Å². The van der Waals surface area contributed by atoms with Crippen LogP contribution in [0.25, 0.3) is 0 Å². The van der Waals surface area contributed by atoms with Gasteiger partial charge in [0.1, 0.15) is 6.54 Å². The maximum atomic E-state index is 13.0. The number of rotatable bonds is 9. The van der Waals surface area contributed by atoms with Gasteiger partial charge in [-0.3, -0.25) is 9.59 Å². The van der Waals surface area contributed by atoms with E-state index in [1.165, 1.54) is 6.42 Å². The molecule has 1 heterocycles. The fraction of sp³-hybridized carbons (Fsp3) is 0.773. The lowest BCUT2D eigenvalue weighted by atomic mass is 9.87. The van der Waals surface area contributed by atoms with Crippen molar-refractivity contribution in [2.75, 3.05) is 45.9 Å². The highest BCUT2D eigenvalue weighted by atomic mass is 16.5. The first-order valence-corrected chi connectivity index (χ1v) is 10.9. The molecule has 2 rings (SSSR count). The third-order valence-electron chi connectivity index (χ3n) is 5.67. The zero-order valence-electron chi connectivity index (χ0n) is 18.1. The lowest BCUT2D eigenvalue weighted by Crippen LogP contribution is -2.46. The fourth-order valence-corrected chi connectivity index (χ4v) is 4.06. The van der Waals surface area contributed by atoms with Crippen molar-refractivity contribution in [3.8, 4) is 6.19 Å². The van der Waals surface area contributed by atoms with Gasteiger partial charge in [0.05, 0.1) is 19.8 Å². The van der Waals surface area contributed by atoms with E-state index in [-0.39, 0.29) is 24.3 Å². The monoisotopic (exact) mass is 404 g/mol. The van der Waals surface area contributed by atoms with Crippen LogP contribution in [-0.2, 0) is 14.3 Å². The quantitative estimate of drug-likeness (QED) is 0.436. The molecule has 7 nitrogen and oxygen atoms in total. The smallest absolute Gasteiger partial charge is 0.243 e. The summed E-state index contributed by atoms with van der Waals surface area (Å²) < 4.78 is 5.38. The molecule has 1 saturated carbocycles. The molecule has 0 spiro atoms. The van der Waals surface area contributed by atoms with Crippen molar-refractivity contribution in [1.82, 2.24) is 14.7 Å². The molecule has 1 saturated heterocycles. The van der Waals surface area contributed by atoms with E-state index in [2.05, 4.69) is 11.5 Å². The van der Waals surface area contributed by atoms with Crippen LogP contribution in [0, 0.1) is 23.3 Å². The molecule has 1 aliphatic carbocycles. The molecule has 0 atom stereocenters. The maximum absolute atomic E-state index is 13.0. The first-order valence-electron chi connectivity index (χ1n) is 10.9. The van der Waals surface area contributed by atoms with Gasteiger partial charge in [-0.1, -0.05) is 39.7 Å². The molecule has 0 aromatic heterocycles. The molecule has 162 valence electrons. The molecule has 7 heteroatoms. The average molecular weight is 405 g/mol. The van der Waals surface area contributed by atoms with E-state index in [1.54, 1.807) is 4.90 Å². The van der Waals surface area contributed by atoms with E-state index in [4.69, 9.17) is 4.74 Å². The second-order valence-electron chi connectivity index (χ2n) is 8.62. The van der Waals surface area contributed by atoms with E-state index in [1.807, 2.05) is 20.0 Å². The van der Waals surface area contributed by atoms with Crippen molar-refractivity contribution < 1.29 is 14.3 Å². The van der Waals surface area contributed by atoms with Gasteiger partial charge < -0.3 is 14.5 Å². The molecule has 0 N–H and O–H groups in total. The molecule has 0 aromatic rings. The van der Waals surface area contributed by atoms with Crippen LogP contribution in [0.3, 0.4) is 0 Å². The summed E-state index contributed by atoms with van der Waals surface area (Å²) >= 11 is 0. The highest BCUT2D eigenvalue weighted by molar-refractivity contribution is 5.86. The first kappa shape index (κ1) is 23.2. The Morgan fingerprint density at radius 3 is 2.38 bits per heavy atom. The van der Waals surface area contributed by atoms with Crippen LogP contribution in [0.15, 0.2) is 12.3 Å². The van der Waals surface area contributed by atoms with E-state index < -0.39 is 0 Å². The van der Waals surface area contributed by atoms with Crippen molar-refractivity contribution in [2.45, 2.75) is 52.4 Å². The lowest BCUT2D eigenvalue weighted by Gasteiger charge is -2.34. The second-order valence-corrected chi connectivity index (χ2v) is 8.62. The number of carbonyl (C=O) groups is 2. The summed E-state index contributed by atoms with van der Waals surface area (Å²) in [6, 6.07) is 0. The van der Waals surface area contributed by atoms with Gasteiger partial charge in [-0.05, 0) is 24.7 Å². The van der Waals surface area contributed by atoms with Crippen LogP contribution in [0.4, 0.5) is 0 Å². The van der Waals surface area contributed by atoms with Crippen molar-refractivity contribution in [3.63, 3.8) is 0 Å². The van der Waals surface area contributed by atoms with Crippen LogP contribution >= 0.6 is 0 Å². The molecule has 0 unspecified atom stereocenters. The van der Waals surface area contributed by atoms with Gasteiger partial charge in [0.25, 0.3) is 0 Å². The number of nitrogens with zero attached hydrogens (tertiary/aromatic N) is 4. The van der Waals surface area contributed by atoms with Crippen LogP contribution < -0.4 is 0 Å². The number of ether oxygens (including phenoxy) is 1. The minimum Gasteiger partial charge on any atom is -0.378 e. The summed E-state index contributed by atoms with van der Waals surface area (Å²) in [5.74, 6) is 0.191. The summed E-state index contributed by atoms with van der Waals surface area (Å²) in [5.41, 5.74) is 0.874. The molecule has 2 fully saturated rings. The zero-order valence-corrected chi connectivity index (χ0v) is 18.1. The molecular formula is C22H36N4O3. The Morgan fingerprint density at radius 1 is 1.14 bits per heavy atom. The maximum Gasteiger partial charge on any atom is 0.243 e. The van der Waals surface area contributed by atoms with Crippen molar-refractivity contribution in [2.24, 2.45) is 11.8 Å². The molecule has 29 heavy (non-hydrogen) atoms.